The average molecular weight is 274 g/mol. The van der Waals surface area contributed by atoms with Crippen molar-refractivity contribution in [2.24, 2.45) is 0 Å². The molecule has 1 aliphatic rings. The third-order valence-corrected chi connectivity index (χ3v) is 4.23. The van der Waals surface area contributed by atoms with Gasteiger partial charge in [0.05, 0.1) is 17.8 Å². The minimum atomic E-state index is -0.519. The lowest BCUT2D eigenvalue weighted by molar-refractivity contribution is -0.117. The van der Waals surface area contributed by atoms with Gasteiger partial charge in [0.1, 0.15) is 0 Å². The fraction of sp³-hybridized carbons (Fsp3) is 0.143. The summed E-state index contributed by atoms with van der Waals surface area (Å²) in [6.45, 7) is 0. The van der Waals surface area contributed by atoms with Crippen molar-refractivity contribution in [1.82, 2.24) is 4.98 Å². The Morgan fingerprint density at radius 1 is 1.37 bits per heavy atom. The van der Waals surface area contributed by atoms with Crippen LogP contribution in [-0.4, -0.2) is 16.6 Å². The van der Waals surface area contributed by atoms with Crippen molar-refractivity contribution < 1.29 is 9.18 Å². The number of carbonyl (C=O) groups is 1. The van der Waals surface area contributed by atoms with Crippen LogP contribution in [0.2, 0.25) is 0 Å². The highest BCUT2D eigenvalue weighted by Gasteiger charge is 2.29. The quantitative estimate of drug-likeness (QED) is 0.915. The Morgan fingerprint density at radius 3 is 3.05 bits per heavy atom. The van der Waals surface area contributed by atoms with Gasteiger partial charge in [-0.1, -0.05) is 18.2 Å². The molecule has 1 atom stereocenters. The van der Waals surface area contributed by atoms with Gasteiger partial charge < -0.3 is 5.32 Å². The number of carbonyl (C=O) groups excluding carboxylic acids is 1. The number of nitrogens with one attached hydrogen (secondary N) is 1. The molecule has 0 aliphatic carbocycles. The Kier molecular flexibility index (Phi) is 3.21. The third kappa shape index (κ3) is 2.33. The average Bonchev–Trinajstić information content (AvgIpc) is 2.85. The predicted octanol–water partition coefficient (Wildman–Crippen LogP) is 3.05. The van der Waals surface area contributed by atoms with Crippen molar-refractivity contribution in [3.05, 3.63) is 54.1 Å². The molecule has 1 amide bonds. The molecule has 1 N–H and O–H groups in total. The van der Waals surface area contributed by atoms with Gasteiger partial charge in [0, 0.05) is 16.8 Å². The first-order chi connectivity index (χ1) is 9.25. The number of aromatic nitrogens is 1. The Morgan fingerprint density at radius 2 is 2.21 bits per heavy atom. The first kappa shape index (κ1) is 12.2. The Labute approximate surface area is 114 Å². The number of benzene rings is 1. The highest BCUT2D eigenvalue weighted by atomic mass is 32.2. The van der Waals surface area contributed by atoms with E-state index in [4.69, 9.17) is 0 Å². The molecular formula is C14H11FN2OS. The fourth-order valence-electron chi connectivity index (χ4n) is 2.08. The molecule has 19 heavy (non-hydrogen) atoms. The molecule has 1 aliphatic heterocycles. The van der Waals surface area contributed by atoms with Crippen molar-refractivity contribution in [3.63, 3.8) is 0 Å². The number of amides is 1. The minimum absolute atomic E-state index is 0.175. The van der Waals surface area contributed by atoms with Gasteiger partial charge in [0.25, 0.3) is 0 Å². The maximum atomic E-state index is 13.5. The number of halogens is 1. The zero-order chi connectivity index (χ0) is 13.2. The van der Waals surface area contributed by atoms with E-state index < -0.39 is 5.82 Å². The van der Waals surface area contributed by atoms with Crippen LogP contribution in [-0.2, 0) is 4.79 Å². The van der Waals surface area contributed by atoms with Crippen LogP contribution in [0.25, 0.3) is 0 Å². The van der Waals surface area contributed by atoms with Crippen molar-refractivity contribution in [1.29, 1.82) is 0 Å². The number of nitrogens with zero attached hydrogens (tertiary/aromatic N) is 1. The molecule has 2 heterocycles. The summed E-state index contributed by atoms with van der Waals surface area (Å²) in [6.07, 6.45) is 2.54. The molecule has 96 valence electrons. The van der Waals surface area contributed by atoms with Crippen LogP contribution in [0.1, 0.15) is 11.5 Å². The molecule has 0 fully saturated rings. The summed E-state index contributed by atoms with van der Waals surface area (Å²) in [6, 6.07) is 9.27. The number of hydrogen-bond donors (Lipinski definition) is 1. The van der Waals surface area contributed by atoms with Crippen LogP contribution in [0.4, 0.5) is 10.1 Å². The van der Waals surface area contributed by atoms with Crippen LogP contribution in [0.5, 0.6) is 0 Å². The van der Waals surface area contributed by atoms with E-state index in [9.17, 15) is 9.18 Å². The van der Waals surface area contributed by atoms with Crippen molar-refractivity contribution in [2.45, 2.75) is 10.8 Å². The molecule has 0 saturated carbocycles. The summed E-state index contributed by atoms with van der Waals surface area (Å²) in [4.78, 5) is 17.0. The number of rotatable bonds is 2. The van der Waals surface area contributed by atoms with Crippen LogP contribution < -0.4 is 5.32 Å². The normalized spacial score (nSPS) is 17.0. The van der Waals surface area contributed by atoms with Crippen LogP contribution in [0.15, 0.2) is 47.6 Å². The second-order valence-corrected chi connectivity index (χ2v) is 5.31. The molecule has 0 radical (unpaired) electrons. The Balaban J connectivity index is 1.81. The van der Waals surface area contributed by atoms with Crippen molar-refractivity contribution in [2.75, 3.05) is 11.1 Å². The lowest BCUT2D eigenvalue weighted by Crippen LogP contribution is -2.21. The van der Waals surface area contributed by atoms with Gasteiger partial charge in [-0.05, 0) is 17.7 Å². The molecule has 0 spiro atoms. The first-order valence-corrected chi connectivity index (χ1v) is 6.86. The molecule has 0 bridgehead atoms. The summed E-state index contributed by atoms with van der Waals surface area (Å²) in [5.41, 5.74) is 1.19. The molecule has 5 heteroatoms. The summed E-state index contributed by atoms with van der Waals surface area (Å²) >= 11 is 1.65. The number of anilines is 1. The van der Waals surface area contributed by atoms with Crippen LogP contribution in [0.3, 0.4) is 0 Å². The zero-order valence-corrected chi connectivity index (χ0v) is 10.8. The summed E-state index contributed by atoms with van der Waals surface area (Å²) in [5, 5.41) is 2.63. The lowest BCUT2D eigenvalue weighted by atomic mass is 10.0. The smallest absolute Gasteiger partial charge is 0.232 e. The maximum Gasteiger partial charge on any atom is 0.232 e. The standard InChI is InChI=1S/C14H11FN2OS/c15-11-7-16-6-5-12(11)17-14(18)10-8-19-13-4-2-1-3-9(10)13/h1-7,10H,8H2,(H,16,17,18)/t10-/m0/s1. The van der Waals surface area contributed by atoms with Gasteiger partial charge in [-0.3, -0.25) is 9.78 Å². The van der Waals surface area contributed by atoms with E-state index in [1.54, 1.807) is 11.8 Å². The first-order valence-electron chi connectivity index (χ1n) is 5.88. The highest BCUT2D eigenvalue weighted by molar-refractivity contribution is 7.99. The van der Waals surface area contributed by atoms with E-state index >= 15 is 0 Å². The van der Waals surface area contributed by atoms with E-state index in [-0.39, 0.29) is 17.5 Å². The van der Waals surface area contributed by atoms with Crippen molar-refractivity contribution >= 4 is 23.4 Å². The monoisotopic (exact) mass is 274 g/mol. The number of thioether (sulfide) groups is 1. The molecule has 1 aromatic carbocycles. The van der Waals surface area contributed by atoms with Crippen LogP contribution >= 0.6 is 11.8 Å². The summed E-state index contributed by atoms with van der Waals surface area (Å²) in [5.74, 6) is -0.233. The summed E-state index contributed by atoms with van der Waals surface area (Å²) in [7, 11) is 0. The zero-order valence-electron chi connectivity index (χ0n) is 9.97. The second kappa shape index (κ2) is 5.01. The maximum absolute atomic E-state index is 13.5. The molecule has 2 aromatic rings. The second-order valence-electron chi connectivity index (χ2n) is 4.25. The van der Waals surface area contributed by atoms with Gasteiger partial charge in [-0.2, -0.15) is 0 Å². The minimum Gasteiger partial charge on any atom is -0.323 e. The van der Waals surface area contributed by atoms with E-state index in [0.717, 1.165) is 16.7 Å². The molecule has 3 nitrogen and oxygen atoms in total. The largest absolute Gasteiger partial charge is 0.323 e. The highest BCUT2D eigenvalue weighted by Crippen LogP contribution is 2.39. The third-order valence-electron chi connectivity index (χ3n) is 3.05. The predicted molar refractivity (Wildman–Crippen MR) is 72.7 cm³/mol. The van der Waals surface area contributed by atoms with E-state index in [2.05, 4.69) is 10.3 Å². The molecule has 0 saturated heterocycles. The molecule has 0 unspecified atom stereocenters. The molecule has 1 aromatic heterocycles. The van der Waals surface area contributed by atoms with Gasteiger partial charge >= 0.3 is 0 Å². The van der Waals surface area contributed by atoms with Gasteiger partial charge in [0.15, 0.2) is 5.82 Å². The number of pyridine rings is 1. The molecular weight excluding hydrogens is 263 g/mol. The van der Waals surface area contributed by atoms with Crippen LogP contribution in [0, 0.1) is 5.82 Å². The summed E-state index contributed by atoms with van der Waals surface area (Å²) < 4.78 is 13.5. The SMILES string of the molecule is O=C(Nc1ccncc1F)[C@H]1CSc2ccccc21. The van der Waals surface area contributed by atoms with Gasteiger partial charge in [-0.15, -0.1) is 11.8 Å². The Hall–Kier alpha value is -1.88. The van der Waals surface area contributed by atoms with Crippen molar-refractivity contribution in [3.8, 4) is 0 Å². The van der Waals surface area contributed by atoms with Gasteiger partial charge in [-0.25, -0.2) is 4.39 Å². The van der Waals surface area contributed by atoms with Gasteiger partial charge in [0.2, 0.25) is 5.91 Å². The number of hydrogen-bond acceptors (Lipinski definition) is 3. The molecule has 3 rings (SSSR count). The Bertz CT molecular complexity index is 632. The topological polar surface area (TPSA) is 42.0 Å². The fourth-order valence-corrected chi connectivity index (χ4v) is 3.30. The van der Waals surface area contributed by atoms with E-state index in [1.807, 2.05) is 24.3 Å². The lowest BCUT2D eigenvalue weighted by Gasteiger charge is -2.11. The number of fused-ring (bicyclic) bond motifs is 1. The van der Waals surface area contributed by atoms with E-state index in [1.165, 1.54) is 12.3 Å². The van der Waals surface area contributed by atoms with E-state index in [0.29, 0.717) is 5.75 Å².